The zero-order valence-electron chi connectivity index (χ0n) is 22.4. The molecule has 2 saturated heterocycles. The summed E-state index contributed by atoms with van der Waals surface area (Å²) in [5.41, 5.74) is 0.336. The van der Waals surface area contributed by atoms with Gasteiger partial charge in [-0.25, -0.2) is 0 Å². The number of piperidine rings is 1. The molecule has 0 bridgehead atoms. The summed E-state index contributed by atoms with van der Waals surface area (Å²) in [6.45, 7) is 3.42. The zero-order chi connectivity index (χ0) is 26.5. The van der Waals surface area contributed by atoms with Crippen molar-refractivity contribution < 1.29 is 24.2 Å². The van der Waals surface area contributed by atoms with Crippen molar-refractivity contribution in [3.05, 3.63) is 59.7 Å². The van der Waals surface area contributed by atoms with E-state index in [0.29, 0.717) is 30.9 Å². The largest absolute Gasteiger partial charge is 0.504 e. The topological polar surface area (TPSA) is 88.1 Å². The minimum atomic E-state index is -1.08. The highest BCUT2D eigenvalue weighted by Crippen LogP contribution is 2.53. The van der Waals surface area contributed by atoms with Gasteiger partial charge < -0.3 is 24.8 Å². The lowest BCUT2D eigenvalue weighted by atomic mass is 9.64. The van der Waals surface area contributed by atoms with Crippen LogP contribution in [0.25, 0.3) is 0 Å². The maximum Gasteiger partial charge on any atom is 0.233 e. The van der Waals surface area contributed by atoms with Crippen LogP contribution in [0.1, 0.15) is 81.9 Å². The van der Waals surface area contributed by atoms with Gasteiger partial charge >= 0.3 is 0 Å². The molecular formula is C31H40N2O5. The molecule has 2 aromatic carbocycles. The van der Waals surface area contributed by atoms with E-state index < -0.39 is 11.5 Å². The van der Waals surface area contributed by atoms with Gasteiger partial charge in [0.2, 0.25) is 11.8 Å². The average molecular weight is 521 g/mol. The Morgan fingerprint density at radius 2 is 1.87 bits per heavy atom. The lowest BCUT2D eigenvalue weighted by Crippen LogP contribution is -2.61. The lowest BCUT2D eigenvalue weighted by Gasteiger charge is -2.52. The number of phenolic OH excluding ortho intramolecular Hbond substituents is 1. The Morgan fingerprint density at radius 1 is 1.08 bits per heavy atom. The molecule has 0 aromatic heterocycles. The Labute approximate surface area is 225 Å². The summed E-state index contributed by atoms with van der Waals surface area (Å²) in [7, 11) is 0. The van der Waals surface area contributed by atoms with Gasteiger partial charge in [-0.1, -0.05) is 61.7 Å². The number of likely N-dealkylation sites (tertiary alicyclic amines) is 1. The number of hydrogen-bond acceptors (Lipinski definition) is 5. The number of benzene rings is 2. The molecule has 3 fully saturated rings. The summed E-state index contributed by atoms with van der Waals surface area (Å²) in [6, 6.07) is 14.6. The molecule has 5 rings (SSSR count). The van der Waals surface area contributed by atoms with Gasteiger partial charge in [0.15, 0.2) is 11.5 Å². The van der Waals surface area contributed by atoms with Crippen molar-refractivity contribution in [1.29, 1.82) is 0 Å². The molecule has 2 N–H and O–H groups in total. The molecule has 2 heterocycles. The van der Waals surface area contributed by atoms with Crippen molar-refractivity contribution in [2.45, 2.75) is 88.3 Å². The van der Waals surface area contributed by atoms with Crippen LogP contribution in [-0.4, -0.2) is 53.7 Å². The highest BCUT2D eigenvalue weighted by molar-refractivity contribution is 5.93. The predicted molar refractivity (Wildman–Crippen MR) is 145 cm³/mol. The molecule has 38 heavy (non-hydrogen) atoms. The minimum absolute atomic E-state index is 0.000390. The first-order chi connectivity index (χ1) is 18.6. The third kappa shape index (κ3) is 5.00. The number of ether oxygens (including phenoxy) is 2. The molecule has 3 aliphatic rings. The molecule has 7 heteroatoms. The first-order valence-corrected chi connectivity index (χ1v) is 14.3. The molecule has 7 nitrogen and oxygen atoms in total. The zero-order valence-corrected chi connectivity index (χ0v) is 22.4. The second kappa shape index (κ2) is 11.8. The first kappa shape index (κ1) is 26.5. The van der Waals surface area contributed by atoms with Crippen LogP contribution in [0.4, 0.5) is 0 Å². The molecule has 1 saturated carbocycles. The van der Waals surface area contributed by atoms with Gasteiger partial charge in [0, 0.05) is 31.2 Å². The number of rotatable bonds is 8. The van der Waals surface area contributed by atoms with Crippen LogP contribution in [0.5, 0.6) is 11.5 Å². The van der Waals surface area contributed by atoms with Crippen LogP contribution in [0, 0.1) is 0 Å². The summed E-state index contributed by atoms with van der Waals surface area (Å²) in [6.07, 6.45) is 7.61. The number of aromatic hydroxyl groups is 1. The van der Waals surface area contributed by atoms with Crippen molar-refractivity contribution in [3.8, 4) is 11.5 Å². The second-order valence-corrected chi connectivity index (χ2v) is 10.8. The number of amides is 2. The summed E-state index contributed by atoms with van der Waals surface area (Å²) in [4.78, 5) is 30.2. The van der Waals surface area contributed by atoms with Crippen LogP contribution < -0.4 is 10.1 Å². The smallest absolute Gasteiger partial charge is 0.233 e. The second-order valence-electron chi connectivity index (χ2n) is 10.8. The monoisotopic (exact) mass is 520 g/mol. The van der Waals surface area contributed by atoms with E-state index in [2.05, 4.69) is 5.32 Å². The molecule has 2 amide bonds. The van der Waals surface area contributed by atoms with Crippen LogP contribution in [0.15, 0.2) is 48.5 Å². The molecule has 0 spiro atoms. The summed E-state index contributed by atoms with van der Waals surface area (Å²) in [5.74, 6) is 0.288. The van der Waals surface area contributed by atoms with E-state index in [-0.39, 0.29) is 36.1 Å². The molecule has 3 atom stereocenters. The van der Waals surface area contributed by atoms with Crippen LogP contribution in [-0.2, 0) is 19.7 Å². The maximum atomic E-state index is 14.5. The van der Waals surface area contributed by atoms with Crippen LogP contribution >= 0.6 is 0 Å². The van der Waals surface area contributed by atoms with Gasteiger partial charge in [-0.05, 0) is 50.7 Å². The van der Waals surface area contributed by atoms with Gasteiger partial charge in [0.25, 0.3) is 0 Å². The number of nitrogens with zero attached hydrogens (tertiary/aromatic N) is 1. The van der Waals surface area contributed by atoms with E-state index in [4.69, 9.17) is 9.47 Å². The van der Waals surface area contributed by atoms with Crippen molar-refractivity contribution in [3.63, 3.8) is 0 Å². The third-order valence-corrected chi connectivity index (χ3v) is 8.57. The van der Waals surface area contributed by atoms with Crippen molar-refractivity contribution in [2.75, 3.05) is 19.8 Å². The van der Waals surface area contributed by atoms with Gasteiger partial charge in [-0.15, -0.1) is 0 Å². The molecular weight excluding hydrogens is 480 g/mol. The molecule has 204 valence electrons. The Kier molecular flexibility index (Phi) is 8.22. The van der Waals surface area contributed by atoms with Gasteiger partial charge in [-0.3, -0.25) is 9.59 Å². The third-order valence-electron chi connectivity index (χ3n) is 8.57. The summed E-state index contributed by atoms with van der Waals surface area (Å²) < 4.78 is 11.6. The van der Waals surface area contributed by atoms with E-state index in [0.717, 1.165) is 57.1 Å². The van der Waals surface area contributed by atoms with Crippen LogP contribution in [0.3, 0.4) is 0 Å². The maximum absolute atomic E-state index is 14.5. The number of phenols is 1. The van der Waals surface area contributed by atoms with Gasteiger partial charge in [0.05, 0.1) is 24.2 Å². The Balaban J connectivity index is 1.67. The van der Waals surface area contributed by atoms with E-state index in [9.17, 15) is 14.7 Å². The molecule has 3 unspecified atom stereocenters. The van der Waals surface area contributed by atoms with Crippen molar-refractivity contribution in [1.82, 2.24) is 10.2 Å². The summed E-state index contributed by atoms with van der Waals surface area (Å²) >= 11 is 0. The van der Waals surface area contributed by atoms with E-state index in [1.54, 1.807) is 6.07 Å². The standard InChI is InChI=1S/C31H40N2O5/c1-2-37-26-17-9-16-25(28(26)35)29-31(22-11-5-3-6-12-22,30(36)32-21-24-15-10-20-38-24)19-18-27(34)33(29)23-13-7-4-8-14-23/h3,5-6,9,11-12,16-17,23-24,29,35H,2,4,7-8,10,13-15,18-21H2,1H3,(H,32,36). The summed E-state index contributed by atoms with van der Waals surface area (Å²) in [5, 5.41) is 14.7. The molecule has 1 aliphatic carbocycles. The number of carbonyl (C=O) groups excluding carboxylic acids is 2. The Bertz CT molecular complexity index is 1110. The van der Waals surface area contributed by atoms with E-state index in [1.165, 1.54) is 0 Å². The quantitative estimate of drug-likeness (QED) is 0.510. The highest BCUT2D eigenvalue weighted by Gasteiger charge is 2.56. The fraction of sp³-hybridized carbons (Fsp3) is 0.548. The molecule has 2 aromatic rings. The number of hydrogen-bond donors (Lipinski definition) is 2. The van der Waals surface area contributed by atoms with Crippen LogP contribution in [0.2, 0.25) is 0 Å². The Morgan fingerprint density at radius 3 is 2.58 bits per heavy atom. The first-order valence-electron chi connectivity index (χ1n) is 14.3. The van der Waals surface area contributed by atoms with Crippen molar-refractivity contribution in [2.24, 2.45) is 0 Å². The normalized spacial score (nSPS) is 26.3. The van der Waals surface area contributed by atoms with E-state index >= 15 is 0 Å². The fourth-order valence-corrected chi connectivity index (χ4v) is 6.75. The SMILES string of the molecule is CCOc1cccc(C2N(C3CCCCC3)C(=O)CCC2(C(=O)NCC2CCCO2)c2ccccc2)c1O. The van der Waals surface area contributed by atoms with Gasteiger partial charge in [0.1, 0.15) is 0 Å². The number of carbonyl (C=O) groups is 2. The average Bonchev–Trinajstić information content (AvgIpc) is 3.48. The number of para-hydroxylation sites is 1. The van der Waals surface area contributed by atoms with E-state index in [1.807, 2.05) is 54.3 Å². The number of nitrogens with one attached hydrogen (secondary N) is 1. The Hall–Kier alpha value is -3.06. The highest BCUT2D eigenvalue weighted by atomic mass is 16.5. The predicted octanol–water partition coefficient (Wildman–Crippen LogP) is 5.02. The minimum Gasteiger partial charge on any atom is -0.504 e. The molecule has 0 radical (unpaired) electrons. The fourth-order valence-electron chi connectivity index (χ4n) is 6.75. The van der Waals surface area contributed by atoms with Gasteiger partial charge in [-0.2, -0.15) is 0 Å². The van der Waals surface area contributed by atoms with Crippen molar-refractivity contribution >= 4 is 11.8 Å². The molecule has 2 aliphatic heterocycles. The lowest BCUT2D eigenvalue weighted by molar-refractivity contribution is -0.150.